The zero-order valence-corrected chi connectivity index (χ0v) is 74.2. The first-order chi connectivity index (χ1) is 61.2. The van der Waals surface area contributed by atoms with Gasteiger partial charge in [0, 0.05) is 70.1 Å². The second-order valence-corrected chi connectivity index (χ2v) is 26.1. The number of aromatic amines is 2. The Morgan fingerprint density at radius 3 is 1.07 bits per heavy atom. The van der Waals surface area contributed by atoms with E-state index < -0.39 is 14.8 Å². The Bertz CT molecular complexity index is 5640. The van der Waals surface area contributed by atoms with Crippen LogP contribution in [0.2, 0.25) is 0 Å². The molecule has 0 aliphatic carbocycles. The van der Waals surface area contributed by atoms with Gasteiger partial charge >= 0.3 is 29.8 Å². The molecule has 0 amide bonds. The summed E-state index contributed by atoms with van der Waals surface area (Å²) >= 11 is 3.33. The van der Waals surface area contributed by atoms with E-state index in [1.165, 1.54) is 49.6 Å². The van der Waals surface area contributed by atoms with Crippen molar-refractivity contribution in [3.05, 3.63) is 329 Å². The maximum atomic E-state index is 11.6. The van der Waals surface area contributed by atoms with Crippen LogP contribution in [0.25, 0.3) is 54.5 Å². The summed E-state index contributed by atoms with van der Waals surface area (Å²) in [5.41, 5.74) is 21.4. The van der Waals surface area contributed by atoms with Crippen molar-refractivity contribution in [2.45, 2.75) is 31.5 Å². The number of nitrogens with two attached hydrogens (primary N) is 2. The van der Waals surface area contributed by atoms with Gasteiger partial charge in [0.2, 0.25) is 12.7 Å². The van der Waals surface area contributed by atoms with E-state index in [-0.39, 0.29) is 29.8 Å². The molecular weight excluding hydrogens is 1710 g/mol. The zero-order chi connectivity index (χ0) is 93.5. The summed E-state index contributed by atoms with van der Waals surface area (Å²) in [6, 6.07) is 66.5. The summed E-state index contributed by atoms with van der Waals surface area (Å²) in [5.74, 6) is 1.40. The lowest BCUT2D eigenvalue weighted by atomic mass is 10.1. The third-order valence-electron chi connectivity index (χ3n) is 17.4. The molecule has 127 heavy (non-hydrogen) atoms. The number of esters is 5. The van der Waals surface area contributed by atoms with Crippen molar-refractivity contribution in [2.24, 2.45) is 11.5 Å². The fraction of sp³-hybridized carbons (Fsp3) is 0.222. The summed E-state index contributed by atoms with van der Waals surface area (Å²) in [5, 5.41) is 56.1. The number of nitrogens with zero attached hydrogens (tertiary/aromatic N) is 11. The lowest BCUT2D eigenvalue weighted by Crippen LogP contribution is -2.35. The monoisotopic (exact) mass is 1810 g/mol. The Morgan fingerprint density at radius 2 is 0.709 bits per heavy atom. The predicted molar refractivity (Wildman–Crippen MR) is 483 cm³/mol. The standard InChI is InChI=1S/4C17H16N2O3.C10H11BrO3.C7H6N2.3CH3NO2.2CH5N/c2*1-21-16-9-12(17(20)22-2)7-8-14(16)11-19-10-13-5-3-4-6-15(13)18-19;2*1-21-16-9-12(17(20)22-2)7-8-14(16)11-19-15-6-4-3-5-13(15)10-18-19;1-13-9-5-7(10(12)14-2)3-4-8(9)6-11;1-2-4-7-6(3-1)5-8-9-7;3*1-2(3)4;2*1-2/h4*3-10H,11H2,1-2H3;3-5H,6H2,1-2H3;1-5H,(H,8,9);3*1H3;2*2H2,1H3/p+1. The fourth-order valence-electron chi connectivity index (χ4n) is 11.7. The van der Waals surface area contributed by atoms with Gasteiger partial charge in [-0.15, -0.1) is 4.68 Å². The third-order valence-corrected chi connectivity index (χ3v) is 18.0. The molecule has 6 N–H and O–H groups in total. The van der Waals surface area contributed by atoms with Crippen molar-refractivity contribution in [1.29, 1.82) is 0 Å². The number of ether oxygens (including phenoxy) is 10. The molecule has 5 aromatic heterocycles. The maximum Gasteiger partial charge on any atom is 0.337 e. The van der Waals surface area contributed by atoms with Gasteiger partial charge in [0.15, 0.2) is 21.1 Å². The predicted octanol–water partition coefficient (Wildman–Crippen LogP) is 13.7. The van der Waals surface area contributed by atoms with Gasteiger partial charge in [0.05, 0.1) is 170 Å². The van der Waals surface area contributed by atoms with Crippen LogP contribution in [0.3, 0.4) is 0 Å². The SMILES string of the molecule is CN.CN.COC(=O)c1ccc(CBr)c(OC)c1.COC(=O)c1ccc(C[n+]2cc3ccccc3[nH]2)c(OC)c1.COC(=O)c1ccc(Cn2cc3ccccc3n2)c(OC)c1.COC(=O)c1ccc(Cn2ncc3ccccc32)c(OC)c1.COC(=O)c1ccc(Cn2ncc3ccccc32)c(OC)c1.C[N+](=O)[O-].C[N+](=O)[O-].C[N+](=O)[O-].c1ccc2[nH]ncc2c1. The van der Waals surface area contributed by atoms with Crippen LogP contribution in [-0.4, -0.2) is 196 Å². The van der Waals surface area contributed by atoms with Gasteiger partial charge in [-0.25, -0.2) is 24.0 Å². The van der Waals surface area contributed by atoms with Crippen LogP contribution in [0.15, 0.2) is 243 Å². The molecule has 10 aromatic carbocycles. The van der Waals surface area contributed by atoms with Crippen LogP contribution in [-0.2, 0) is 55.2 Å². The number of carbonyl (C=O) groups is 5. The number of para-hydroxylation sites is 4. The van der Waals surface area contributed by atoms with Crippen LogP contribution in [0.5, 0.6) is 28.7 Å². The minimum atomic E-state index is -0.500. The first-order valence-corrected chi connectivity index (χ1v) is 39.2. The third kappa shape index (κ3) is 31.7. The number of methoxy groups -OCH3 is 10. The van der Waals surface area contributed by atoms with Crippen LogP contribution in [0, 0.1) is 30.3 Å². The number of rotatable bonds is 19. The molecule has 36 nitrogen and oxygen atoms in total. The summed E-state index contributed by atoms with van der Waals surface area (Å²) in [6.45, 7) is 2.33. The second-order valence-electron chi connectivity index (χ2n) is 25.6. The lowest BCUT2D eigenvalue weighted by Gasteiger charge is -2.11. The van der Waals surface area contributed by atoms with Crippen molar-refractivity contribution < 1.29 is 90.8 Å². The molecule has 0 aliphatic heterocycles. The van der Waals surface area contributed by atoms with E-state index in [1.807, 2.05) is 195 Å². The van der Waals surface area contributed by atoms with E-state index in [1.54, 1.807) is 96.2 Å². The van der Waals surface area contributed by atoms with Crippen LogP contribution in [0.1, 0.15) is 79.6 Å². The van der Waals surface area contributed by atoms with E-state index in [2.05, 4.69) is 68.8 Å². The second kappa shape index (κ2) is 54.1. The minimum absolute atomic E-state index is 0.357. The first-order valence-electron chi connectivity index (χ1n) is 38.1. The molecule has 0 bridgehead atoms. The average molecular weight is 1810 g/mol. The van der Waals surface area contributed by atoms with E-state index in [9.17, 15) is 24.0 Å². The van der Waals surface area contributed by atoms with Gasteiger partial charge in [0.1, 0.15) is 34.3 Å². The Balaban J connectivity index is 0.000000265. The molecule has 0 fully saturated rings. The van der Waals surface area contributed by atoms with Gasteiger partial charge in [-0.05, 0) is 117 Å². The number of benzene rings is 10. The van der Waals surface area contributed by atoms with Crippen molar-refractivity contribution in [2.75, 3.05) is 106 Å². The highest BCUT2D eigenvalue weighted by Gasteiger charge is 2.19. The highest BCUT2D eigenvalue weighted by molar-refractivity contribution is 9.08. The topological polar surface area (TPSA) is 461 Å². The molecule has 0 radical (unpaired) electrons. The van der Waals surface area contributed by atoms with Crippen molar-refractivity contribution in [3.8, 4) is 28.7 Å². The van der Waals surface area contributed by atoms with Gasteiger partial charge < -0.3 is 58.8 Å². The summed E-state index contributed by atoms with van der Waals surface area (Å²) in [7, 11) is 20.4. The number of nitrogens with one attached hydrogen (secondary N) is 2. The van der Waals surface area contributed by atoms with Crippen LogP contribution in [0.4, 0.5) is 0 Å². The van der Waals surface area contributed by atoms with E-state index in [0.29, 0.717) is 88.1 Å². The molecule has 668 valence electrons. The van der Waals surface area contributed by atoms with Gasteiger partial charge in [0.25, 0.3) is 0 Å². The summed E-state index contributed by atoms with van der Waals surface area (Å²) in [4.78, 5) is 82.4. The molecule has 0 saturated carbocycles. The number of alkyl halides is 1. The Hall–Kier alpha value is -15.5. The summed E-state index contributed by atoms with van der Waals surface area (Å²) in [6.07, 6.45) is 9.52. The average Bonchev–Trinajstić information content (AvgIpc) is 1.71. The van der Waals surface area contributed by atoms with Crippen molar-refractivity contribution >= 4 is 100 Å². The molecule has 5 heterocycles. The normalized spacial score (nSPS) is 9.84. The zero-order valence-electron chi connectivity index (χ0n) is 72.7. The van der Waals surface area contributed by atoms with E-state index in [0.717, 1.165) is 103 Å². The van der Waals surface area contributed by atoms with Crippen molar-refractivity contribution in [1.82, 2.24) is 44.6 Å². The maximum absolute atomic E-state index is 11.6. The molecule has 0 saturated heterocycles. The van der Waals surface area contributed by atoms with Crippen LogP contribution < -0.4 is 39.8 Å². The highest BCUT2D eigenvalue weighted by Crippen LogP contribution is 2.29. The fourth-order valence-corrected chi connectivity index (χ4v) is 12.2. The van der Waals surface area contributed by atoms with Gasteiger partial charge in [-0.3, -0.25) is 49.5 Å². The van der Waals surface area contributed by atoms with Crippen molar-refractivity contribution in [3.63, 3.8) is 0 Å². The number of halogens is 1. The molecule has 0 unspecified atom stereocenters. The lowest BCUT2D eigenvalue weighted by molar-refractivity contribution is -0.740. The number of hydrogen-bond acceptors (Lipinski definition) is 27. The molecule has 0 atom stereocenters. The molecule has 15 aromatic rings. The minimum Gasteiger partial charge on any atom is -0.496 e. The Morgan fingerprint density at radius 1 is 0.394 bits per heavy atom. The summed E-state index contributed by atoms with van der Waals surface area (Å²) < 4.78 is 57.9. The van der Waals surface area contributed by atoms with Gasteiger partial charge in [-0.2, -0.15) is 25.5 Å². The van der Waals surface area contributed by atoms with E-state index in [4.69, 9.17) is 73.0 Å². The van der Waals surface area contributed by atoms with Crippen LogP contribution >= 0.6 is 15.9 Å². The number of aromatic nitrogens is 10. The molecule has 15 rings (SSSR count). The molecule has 37 heteroatoms. The molecular formula is C90H101BrN15O21+. The molecule has 0 aliphatic rings. The number of fused-ring (bicyclic) bond motifs is 5. The smallest absolute Gasteiger partial charge is 0.337 e. The number of carbonyl (C=O) groups excluding carboxylic acids is 5. The Labute approximate surface area is 739 Å². The number of nitro groups is 3. The van der Waals surface area contributed by atoms with E-state index >= 15 is 0 Å². The largest absolute Gasteiger partial charge is 0.496 e. The highest BCUT2D eigenvalue weighted by atomic mass is 79.9. The number of hydrogen-bond donors (Lipinski definition) is 4. The molecule has 0 spiro atoms. The quantitative estimate of drug-likeness (QED) is 0.0146. The van der Waals surface area contributed by atoms with Gasteiger partial charge in [-0.1, -0.05) is 125 Å². The number of H-pyrrole nitrogens is 2. The first kappa shape index (κ1) is 102. The Kier molecular flexibility index (Phi) is 43.5.